The van der Waals surface area contributed by atoms with Gasteiger partial charge in [-0.05, 0) is 47.0 Å². The van der Waals surface area contributed by atoms with Crippen molar-refractivity contribution >= 4 is 28.0 Å². The monoisotopic (exact) mass is 227 g/mol. The van der Waals surface area contributed by atoms with Gasteiger partial charge < -0.3 is 5.32 Å². The molecule has 0 radical (unpaired) electrons. The maximum Gasteiger partial charge on any atom is 0.211 e. The zero-order chi connectivity index (χ0) is 9.14. The van der Waals surface area contributed by atoms with Crippen molar-refractivity contribution in [3.8, 4) is 0 Å². The first-order valence-corrected chi connectivity index (χ1v) is 4.41. The molecule has 0 aliphatic heterocycles. The maximum atomic E-state index is 10.2. The van der Waals surface area contributed by atoms with Crippen LogP contribution in [0.1, 0.15) is 11.1 Å². The zero-order valence-corrected chi connectivity index (χ0v) is 8.60. The number of hydrogen-bond donors (Lipinski definition) is 1. The van der Waals surface area contributed by atoms with Crippen molar-refractivity contribution in [2.75, 3.05) is 5.32 Å². The molecule has 0 spiro atoms. The van der Waals surface area contributed by atoms with E-state index in [0.29, 0.717) is 6.41 Å². The van der Waals surface area contributed by atoms with Gasteiger partial charge in [0.15, 0.2) is 0 Å². The molecule has 2 nitrogen and oxygen atoms in total. The number of carbonyl (C=O) groups is 1. The van der Waals surface area contributed by atoms with Crippen molar-refractivity contribution in [3.05, 3.63) is 27.7 Å². The van der Waals surface area contributed by atoms with Gasteiger partial charge in [0.25, 0.3) is 0 Å². The summed E-state index contributed by atoms with van der Waals surface area (Å²) in [6.45, 7) is 3.98. The number of benzene rings is 1. The molecule has 0 aliphatic carbocycles. The predicted octanol–water partition coefficient (Wildman–Crippen LogP) is 2.63. The van der Waals surface area contributed by atoms with Crippen molar-refractivity contribution in [2.45, 2.75) is 13.8 Å². The summed E-state index contributed by atoms with van der Waals surface area (Å²) < 4.78 is 0.923. The lowest BCUT2D eigenvalue weighted by Gasteiger charge is -2.07. The van der Waals surface area contributed by atoms with E-state index in [1.807, 2.05) is 26.0 Å². The first kappa shape index (κ1) is 9.26. The van der Waals surface area contributed by atoms with Crippen molar-refractivity contribution in [1.29, 1.82) is 0 Å². The molecule has 1 aromatic rings. The minimum absolute atomic E-state index is 0.683. The molecule has 64 valence electrons. The summed E-state index contributed by atoms with van der Waals surface area (Å²) in [5.41, 5.74) is 3.08. The number of halogens is 1. The third-order valence-corrected chi connectivity index (χ3v) is 2.26. The fraction of sp³-hybridized carbons (Fsp3) is 0.222. The second-order valence-electron chi connectivity index (χ2n) is 2.70. The van der Waals surface area contributed by atoms with Gasteiger partial charge >= 0.3 is 0 Å². The third-order valence-electron chi connectivity index (χ3n) is 1.64. The van der Waals surface area contributed by atoms with E-state index in [0.717, 1.165) is 15.7 Å². The Balaban J connectivity index is 3.18. The highest BCUT2D eigenvalue weighted by Crippen LogP contribution is 2.26. The largest absolute Gasteiger partial charge is 0.327 e. The van der Waals surface area contributed by atoms with Crippen LogP contribution in [0.3, 0.4) is 0 Å². The van der Waals surface area contributed by atoms with E-state index < -0.39 is 0 Å². The normalized spacial score (nSPS) is 9.58. The van der Waals surface area contributed by atoms with Crippen molar-refractivity contribution in [1.82, 2.24) is 0 Å². The highest BCUT2D eigenvalue weighted by Gasteiger charge is 2.02. The Bertz CT molecular complexity index is 286. The van der Waals surface area contributed by atoms with E-state index in [9.17, 15) is 4.79 Å². The second-order valence-corrected chi connectivity index (χ2v) is 3.56. The summed E-state index contributed by atoms with van der Waals surface area (Å²) in [4.78, 5) is 10.2. The van der Waals surface area contributed by atoms with Crippen LogP contribution in [0.4, 0.5) is 5.69 Å². The molecule has 1 aromatic carbocycles. The van der Waals surface area contributed by atoms with Crippen LogP contribution in [-0.4, -0.2) is 6.41 Å². The van der Waals surface area contributed by atoms with Gasteiger partial charge in [-0.25, -0.2) is 0 Å². The second kappa shape index (κ2) is 3.72. The van der Waals surface area contributed by atoms with Crippen molar-refractivity contribution in [3.63, 3.8) is 0 Å². The summed E-state index contributed by atoms with van der Waals surface area (Å²) in [5, 5.41) is 2.64. The van der Waals surface area contributed by atoms with Gasteiger partial charge in [-0.2, -0.15) is 0 Å². The zero-order valence-electron chi connectivity index (χ0n) is 7.02. The standard InChI is InChI=1S/C9H10BrNO/c1-6-3-7(2)9(11-5-12)8(10)4-6/h3-5H,1-2H3,(H,11,12). The summed E-state index contributed by atoms with van der Waals surface area (Å²) >= 11 is 3.38. The molecule has 0 aliphatic rings. The molecule has 12 heavy (non-hydrogen) atoms. The number of hydrogen-bond acceptors (Lipinski definition) is 1. The van der Waals surface area contributed by atoms with E-state index in [4.69, 9.17) is 0 Å². The van der Waals surface area contributed by atoms with Gasteiger partial charge in [0.2, 0.25) is 6.41 Å². The first-order chi connectivity index (χ1) is 5.65. The van der Waals surface area contributed by atoms with Crippen LogP contribution in [0.25, 0.3) is 0 Å². The summed E-state index contributed by atoms with van der Waals surface area (Å²) in [6.07, 6.45) is 0.683. The van der Waals surface area contributed by atoms with Gasteiger partial charge in [0, 0.05) is 4.47 Å². The first-order valence-electron chi connectivity index (χ1n) is 3.62. The lowest BCUT2D eigenvalue weighted by atomic mass is 10.1. The van der Waals surface area contributed by atoms with Gasteiger partial charge in [0.05, 0.1) is 5.69 Å². The molecule has 0 bridgehead atoms. The molecule has 0 atom stereocenters. The molecule has 0 unspecified atom stereocenters. The van der Waals surface area contributed by atoms with Crippen LogP contribution >= 0.6 is 15.9 Å². The lowest BCUT2D eigenvalue weighted by molar-refractivity contribution is -0.105. The number of nitrogens with one attached hydrogen (secondary N) is 1. The fourth-order valence-corrected chi connectivity index (χ4v) is 1.95. The fourth-order valence-electron chi connectivity index (χ4n) is 1.16. The Kier molecular flexibility index (Phi) is 2.87. The highest BCUT2D eigenvalue weighted by molar-refractivity contribution is 9.10. The Hall–Kier alpha value is -0.830. The van der Waals surface area contributed by atoms with E-state index in [2.05, 4.69) is 21.2 Å². The molecule has 1 amide bonds. The maximum absolute atomic E-state index is 10.2. The Morgan fingerprint density at radius 1 is 1.42 bits per heavy atom. The summed E-state index contributed by atoms with van der Waals surface area (Å²) in [7, 11) is 0. The van der Waals surface area contributed by atoms with Crippen molar-refractivity contribution < 1.29 is 4.79 Å². The molecule has 0 saturated heterocycles. The molecule has 0 heterocycles. The van der Waals surface area contributed by atoms with Gasteiger partial charge in [-0.3, -0.25) is 4.79 Å². The van der Waals surface area contributed by atoms with E-state index in [1.54, 1.807) is 0 Å². The lowest BCUT2D eigenvalue weighted by Crippen LogP contribution is -1.97. The molecule has 0 fully saturated rings. The van der Waals surface area contributed by atoms with E-state index >= 15 is 0 Å². The van der Waals surface area contributed by atoms with Crippen LogP contribution in [0.2, 0.25) is 0 Å². The predicted molar refractivity (Wildman–Crippen MR) is 53.3 cm³/mol. The molecule has 0 aromatic heterocycles. The molecular formula is C9H10BrNO. The summed E-state index contributed by atoms with van der Waals surface area (Å²) in [6, 6.07) is 4.00. The van der Waals surface area contributed by atoms with E-state index in [1.165, 1.54) is 5.56 Å². The van der Waals surface area contributed by atoms with Crippen LogP contribution in [-0.2, 0) is 4.79 Å². The van der Waals surface area contributed by atoms with Crippen LogP contribution < -0.4 is 5.32 Å². The van der Waals surface area contributed by atoms with Gasteiger partial charge in [0.1, 0.15) is 0 Å². The van der Waals surface area contributed by atoms with Gasteiger partial charge in [-0.1, -0.05) is 6.07 Å². The average Bonchev–Trinajstić information content (AvgIpc) is 1.96. The topological polar surface area (TPSA) is 29.1 Å². The number of amides is 1. The highest BCUT2D eigenvalue weighted by atomic mass is 79.9. The number of rotatable bonds is 2. The van der Waals surface area contributed by atoms with Gasteiger partial charge in [-0.15, -0.1) is 0 Å². The number of carbonyl (C=O) groups excluding carboxylic acids is 1. The average molecular weight is 228 g/mol. The van der Waals surface area contributed by atoms with Crippen LogP contribution in [0.15, 0.2) is 16.6 Å². The van der Waals surface area contributed by atoms with Crippen LogP contribution in [0, 0.1) is 13.8 Å². The molecule has 0 saturated carbocycles. The quantitative estimate of drug-likeness (QED) is 0.774. The minimum atomic E-state index is 0.683. The SMILES string of the molecule is Cc1cc(C)c(NC=O)c(Br)c1. The Labute approximate surface area is 80.1 Å². The minimum Gasteiger partial charge on any atom is -0.327 e. The van der Waals surface area contributed by atoms with E-state index in [-0.39, 0.29) is 0 Å². The molecule has 3 heteroatoms. The number of anilines is 1. The Morgan fingerprint density at radius 3 is 2.58 bits per heavy atom. The Morgan fingerprint density at radius 2 is 2.08 bits per heavy atom. The number of aryl methyl sites for hydroxylation is 2. The van der Waals surface area contributed by atoms with Crippen molar-refractivity contribution in [2.24, 2.45) is 0 Å². The molecule has 1 N–H and O–H groups in total. The molecular weight excluding hydrogens is 218 g/mol. The van der Waals surface area contributed by atoms with Crippen LogP contribution in [0.5, 0.6) is 0 Å². The smallest absolute Gasteiger partial charge is 0.211 e. The summed E-state index contributed by atoms with van der Waals surface area (Å²) in [5.74, 6) is 0. The molecule has 1 rings (SSSR count). The third kappa shape index (κ3) is 1.85.